The SMILES string of the molecule is N#C/C(=C\c1ccc(OS(=O)(=O)c2ccccc2)cc1)c1ccccc1. The molecule has 4 nitrogen and oxygen atoms in total. The molecule has 26 heavy (non-hydrogen) atoms. The normalized spacial score (nSPS) is 11.6. The summed E-state index contributed by atoms with van der Waals surface area (Å²) in [7, 11) is -3.86. The molecule has 3 aromatic carbocycles. The molecule has 0 aliphatic heterocycles. The van der Waals surface area contributed by atoms with Crippen molar-refractivity contribution < 1.29 is 12.6 Å². The van der Waals surface area contributed by atoms with Gasteiger partial charge in [-0.15, -0.1) is 0 Å². The van der Waals surface area contributed by atoms with E-state index in [9.17, 15) is 13.7 Å². The van der Waals surface area contributed by atoms with Gasteiger partial charge < -0.3 is 4.18 Å². The van der Waals surface area contributed by atoms with Gasteiger partial charge in [-0.25, -0.2) is 0 Å². The minimum atomic E-state index is -3.86. The van der Waals surface area contributed by atoms with Crippen LogP contribution in [0.4, 0.5) is 0 Å². The Hall–Kier alpha value is -3.36. The summed E-state index contributed by atoms with van der Waals surface area (Å²) in [5.41, 5.74) is 2.12. The van der Waals surface area contributed by atoms with E-state index < -0.39 is 10.1 Å². The van der Waals surface area contributed by atoms with Crippen LogP contribution < -0.4 is 4.18 Å². The maximum Gasteiger partial charge on any atom is 0.339 e. The molecule has 0 unspecified atom stereocenters. The largest absolute Gasteiger partial charge is 0.379 e. The van der Waals surface area contributed by atoms with E-state index in [0.717, 1.165) is 11.1 Å². The van der Waals surface area contributed by atoms with E-state index in [1.807, 2.05) is 30.3 Å². The van der Waals surface area contributed by atoms with Crippen molar-refractivity contribution in [3.63, 3.8) is 0 Å². The molecule has 0 bridgehead atoms. The number of nitriles is 1. The first-order valence-corrected chi connectivity index (χ1v) is 9.26. The van der Waals surface area contributed by atoms with Gasteiger partial charge in [0.25, 0.3) is 0 Å². The van der Waals surface area contributed by atoms with Crippen molar-refractivity contribution in [2.75, 3.05) is 0 Å². The number of nitrogens with zero attached hydrogens (tertiary/aromatic N) is 1. The molecule has 0 amide bonds. The summed E-state index contributed by atoms with van der Waals surface area (Å²) in [6, 6.07) is 26.0. The summed E-state index contributed by atoms with van der Waals surface area (Å²) in [5, 5.41) is 9.35. The smallest absolute Gasteiger partial charge is 0.339 e. The van der Waals surface area contributed by atoms with Crippen LogP contribution in [0.15, 0.2) is 89.8 Å². The zero-order chi connectivity index (χ0) is 18.4. The zero-order valence-corrected chi connectivity index (χ0v) is 14.6. The lowest BCUT2D eigenvalue weighted by molar-refractivity contribution is 0.486. The first-order chi connectivity index (χ1) is 12.6. The van der Waals surface area contributed by atoms with Gasteiger partial charge in [0.15, 0.2) is 0 Å². The van der Waals surface area contributed by atoms with Gasteiger partial charge in [0.2, 0.25) is 0 Å². The Morgan fingerprint density at radius 2 is 1.42 bits per heavy atom. The third-order valence-electron chi connectivity index (χ3n) is 3.63. The first kappa shape index (κ1) is 17.5. The Morgan fingerprint density at radius 1 is 0.846 bits per heavy atom. The van der Waals surface area contributed by atoms with Crippen LogP contribution in [-0.4, -0.2) is 8.42 Å². The molecule has 0 saturated heterocycles. The van der Waals surface area contributed by atoms with Crippen molar-refractivity contribution >= 4 is 21.8 Å². The summed E-state index contributed by atoms with van der Waals surface area (Å²) in [6.07, 6.45) is 1.74. The molecule has 0 radical (unpaired) electrons. The van der Waals surface area contributed by atoms with Crippen LogP contribution in [-0.2, 0) is 10.1 Å². The van der Waals surface area contributed by atoms with Crippen LogP contribution in [0.2, 0.25) is 0 Å². The summed E-state index contributed by atoms with van der Waals surface area (Å²) < 4.78 is 29.6. The fraction of sp³-hybridized carbons (Fsp3) is 0. The van der Waals surface area contributed by atoms with Crippen LogP contribution in [0.5, 0.6) is 5.75 Å². The van der Waals surface area contributed by atoms with Crippen LogP contribution >= 0.6 is 0 Å². The lowest BCUT2D eigenvalue weighted by Gasteiger charge is -2.07. The van der Waals surface area contributed by atoms with E-state index in [0.29, 0.717) is 5.57 Å². The topological polar surface area (TPSA) is 67.2 Å². The predicted molar refractivity (Wildman–Crippen MR) is 101 cm³/mol. The average Bonchev–Trinajstić information content (AvgIpc) is 2.68. The average molecular weight is 361 g/mol. The summed E-state index contributed by atoms with van der Waals surface area (Å²) in [4.78, 5) is 0.0971. The molecule has 0 spiro atoms. The summed E-state index contributed by atoms with van der Waals surface area (Å²) in [5.74, 6) is 0.212. The Bertz CT molecular complexity index is 1050. The molecule has 5 heteroatoms. The third-order valence-corrected chi connectivity index (χ3v) is 4.90. The third kappa shape index (κ3) is 4.18. The molecular formula is C21H15NO3S. The van der Waals surface area contributed by atoms with Gasteiger partial charge in [0.05, 0.1) is 11.6 Å². The maximum atomic E-state index is 12.2. The highest BCUT2D eigenvalue weighted by molar-refractivity contribution is 7.87. The summed E-state index contributed by atoms with van der Waals surface area (Å²) >= 11 is 0. The monoisotopic (exact) mass is 361 g/mol. The zero-order valence-electron chi connectivity index (χ0n) is 13.7. The van der Waals surface area contributed by atoms with Crippen LogP contribution in [0, 0.1) is 11.3 Å². The van der Waals surface area contributed by atoms with Gasteiger partial charge >= 0.3 is 10.1 Å². The standard InChI is InChI=1S/C21H15NO3S/c22-16-19(18-7-3-1-4-8-18)15-17-11-13-20(14-12-17)25-26(23,24)21-9-5-2-6-10-21/h1-15H/b19-15+. The Morgan fingerprint density at radius 3 is 2.00 bits per heavy atom. The minimum Gasteiger partial charge on any atom is -0.379 e. The van der Waals surface area contributed by atoms with Crippen molar-refractivity contribution in [2.24, 2.45) is 0 Å². The number of hydrogen-bond acceptors (Lipinski definition) is 4. The molecule has 0 N–H and O–H groups in total. The minimum absolute atomic E-state index is 0.0971. The second kappa shape index (κ2) is 7.68. The quantitative estimate of drug-likeness (QED) is 0.381. The van der Waals surface area contributed by atoms with E-state index in [-0.39, 0.29) is 10.6 Å². The lowest BCUT2D eigenvalue weighted by Crippen LogP contribution is -2.09. The molecule has 128 valence electrons. The Balaban J connectivity index is 1.81. The number of rotatable bonds is 5. The van der Waals surface area contributed by atoms with Crippen molar-refractivity contribution in [2.45, 2.75) is 4.90 Å². The van der Waals surface area contributed by atoms with Crippen LogP contribution in [0.3, 0.4) is 0 Å². The van der Waals surface area contributed by atoms with Crippen molar-refractivity contribution in [3.8, 4) is 11.8 Å². The van der Waals surface area contributed by atoms with Crippen molar-refractivity contribution in [1.82, 2.24) is 0 Å². The van der Waals surface area contributed by atoms with Gasteiger partial charge in [-0.05, 0) is 41.5 Å². The highest BCUT2D eigenvalue weighted by Crippen LogP contribution is 2.22. The molecule has 0 fully saturated rings. The van der Waals surface area contributed by atoms with Crippen molar-refractivity contribution in [3.05, 3.63) is 96.1 Å². The molecule has 3 rings (SSSR count). The molecular weight excluding hydrogens is 346 g/mol. The van der Waals surface area contributed by atoms with Gasteiger partial charge in [0.1, 0.15) is 10.6 Å². The first-order valence-electron chi connectivity index (χ1n) is 7.85. The maximum absolute atomic E-state index is 12.2. The van der Waals surface area contributed by atoms with Gasteiger partial charge in [-0.1, -0.05) is 60.7 Å². The van der Waals surface area contributed by atoms with E-state index in [1.165, 1.54) is 12.1 Å². The molecule has 0 atom stereocenters. The fourth-order valence-electron chi connectivity index (χ4n) is 2.35. The van der Waals surface area contributed by atoms with E-state index in [4.69, 9.17) is 4.18 Å². The second-order valence-electron chi connectivity index (χ2n) is 5.46. The second-order valence-corrected chi connectivity index (χ2v) is 7.00. The number of benzene rings is 3. The predicted octanol–water partition coefficient (Wildman–Crippen LogP) is 4.52. The highest BCUT2D eigenvalue weighted by atomic mass is 32.2. The van der Waals surface area contributed by atoms with Crippen LogP contribution in [0.25, 0.3) is 11.6 Å². The molecule has 0 saturated carbocycles. The Labute approximate surface area is 152 Å². The molecule has 0 heterocycles. The molecule has 0 aromatic heterocycles. The highest BCUT2D eigenvalue weighted by Gasteiger charge is 2.15. The molecule has 0 aliphatic rings. The van der Waals surface area contributed by atoms with E-state index >= 15 is 0 Å². The van der Waals surface area contributed by atoms with Gasteiger partial charge in [-0.2, -0.15) is 13.7 Å². The summed E-state index contributed by atoms with van der Waals surface area (Å²) in [6.45, 7) is 0. The fourth-order valence-corrected chi connectivity index (χ4v) is 3.30. The molecule has 0 aliphatic carbocycles. The van der Waals surface area contributed by atoms with E-state index in [2.05, 4.69) is 6.07 Å². The Kier molecular flexibility index (Phi) is 5.16. The van der Waals surface area contributed by atoms with Crippen LogP contribution in [0.1, 0.15) is 11.1 Å². The number of allylic oxidation sites excluding steroid dienone is 1. The lowest BCUT2D eigenvalue weighted by atomic mass is 10.0. The van der Waals surface area contributed by atoms with Gasteiger partial charge in [0, 0.05) is 0 Å². The molecule has 3 aromatic rings. The number of hydrogen-bond donors (Lipinski definition) is 0. The van der Waals surface area contributed by atoms with Gasteiger partial charge in [-0.3, -0.25) is 0 Å². The van der Waals surface area contributed by atoms with Crippen molar-refractivity contribution in [1.29, 1.82) is 5.26 Å². The van der Waals surface area contributed by atoms with E-state index in [1.54, 1.807) is 48.5 Å².